The molecule has 2 fully saturated rings. The van der Waals surface area contributed by atoms with E-state index in [1.807, 2.05) is 4.90 Å². The van der Waals surface area contributed by atoms with E-state index in [2.05, 4.69) is 15.5 Å². The Kier molecular flexibility index (Phi) is 5.21. The van der Waals surface area contributed by atoms with E-state index < -0.39 is 17.7 Å². The Hall–Kier alpha value is -1.77. The largest absolute Gasteiger partial charge is 0.444 e. The van der Waals surface area contributed by atoms with E-state index in [9.17, 15) is 9.59 Å². The number of rotatable bonds is 2. The van der Waals surface area contributed by atoms with Crippen molar-refractivity contribution in [2.24, 2.45) is 0 Å². The zero-order valence-electron chi connectivity index (χ0n) is 14.7. The van der Waals surface area contributed by atoms with E-state index in [0.29, 0.717) is 12.3 Å². The van der Waals surface area contributed by atoms with Crippen LogP contribution in [0.15, 0.2) is 10.8 Å². The summed E-state index contributed by atoms with van der Waals surface area (Å²) in [6.45, 7) is 5.39. The van der Waals surface area contributed by atoms with Crippen LogP contribution < -0.4 is 5.32 Å². The molecule has 0 aliphatic carbocycles. The molecular formula is C16H24N4O4S. The SMILES string of the molecule is CC(C)(C)OC(=O)NC1CCSC2CCCC(c3nnco3)N2C1=O. The minimum absolute atomic E-state index is 0.0728. The highest BCUT2D eigenvalue weighted by Gasteiger charge is 2.42. The number of nitrogens with one attached hydrogen (secondary N) is 1. The van der Waals surface area contributed by atoms with Gasteiger partial charge in [0, 0.05) is 0 Å². The van der Waals surface area contributed by atoms with Crippen molar-refractivity contribution in [2.45, 2.75) is 69.5 Å². The number of carbonyl (C=O) groups excluding carboxylic acids is 2. The molecule has 1 N–H and O–H groups in total. The summed E-state index contributed by atoms with van der Waals surface area (Å²) in [4.78, 5) is 27.1. The maximum Gasteiger partial charge on any atom is 0.408 e. The maximum absolute atomic E-state index is 13.1. The Bertz CT molecular complexity index is 616. The Morgan fingerprint density at radius 3 is 2.88 bits per heavy atom. The number of aromatic nitrogens is 2. The molecule has 3 rings (SSSR count). The first-order chi connectivity index (χ1) is 11.8. The number of nitrogens with zero attached hydrogens (tertiary/aromatic N) is 3. The van der Waals surface area contributed by atoms with Crippen molar-refractivity contribution >= 4 is 23.8 Å². The predicted molar refractivity (Wildman–Crippen MR) is 91.8 cm³/mol. The van der Waals surface area contributed by atoms with E-state index in [1.165, 1.54) is 6.39 Å². The molecule has 1 aromatic heterocycles. The number of hydrogen-bond donors (Lipinski definition) is 1. The summed E-state index contributed by atoms with van der Waals surface area (Å²) >= 11 is 1.74. The summed E-state index contributed by atoms with van der Waals surface area (Å²) in [5, 5.41) is 10.5. The van der Waals surface area contributed by atoms with Gasteiger partial charge in [-0.25, -0.2) is 4.79 Å². The fraction of sp³-hybridized carbons (Fsp3) is 0.750. The number of carbonyl (C=O) groups is 2. The number of fused-ring (bicyclic) bond motifs is 1. The van der Waals surface area contributed by atoms with Gasteiger partial charge in [-0.15, -0.1) is 22.0 Å². The quantitative estimate of drug-likeness (QED) is 0.856. The molecule has 2 aliphatic heterocycles. The zero-order chi connectivity index (χ0) is 18.0. The first-order valence-corrected chi connectivity index (χ1v) is 9.59. The lowest BCUT2D eigenvalue weighted by Crippen LogP contribution is -2.52. The van der Waals surface area contributed by atoms with Crippen molar-refractivity contribution in [3.8, 4) is 0 Å². The highest BCUT2D eigenvalue weighted by atomic mass is 32.2. The molecule has 9 heteroatoms. The molecule has 2 aliphatic rings. The van der Waals surface area contributed by atoms with Gasteiger partial charge in [0.25, 0.3) is 0 Å². The number of hydrogen-bond acceptors (Lipinski definition) is 7. The lowest BCUT2D eigenvalue weighted by molar-refractivity contribution is -0.138. The molecule has 0 radical (unpaired) electrons. The fourth-order valence-corrected chi connectivity index (χ4v) is 4.59. The van der Waals surface area contributed by atoms with Gasteiger partial charge in [0.05, 0.1) is 5.37 Å². The van der Waals surface area contributed by atoms with Gasteiger partial charge in [0.15, 0.2) is 0 Å². The van der Waals surface area contributed by atoms with Gasteiger partial charge in [-0.2, -0.15) is 0 Å². The van der Waals surface area contributed by atoms with Gasteiger partial charge in [0.2, 0.25) is 18.2 Å². The average molecular weight is 368 g/mol. The number of alkyl carbamates (subject to hydrolysis) is 1. The van der Waals surface area contributed by atoms with Crippen LogP contribution in [0.3, 0.4) is 0 Å². The lowest BCUT2D eigenvalue weighted by Gasteiger charge is -2.40. The van der Waals surface area contributed by atoms with Crippen LogP contribution in [0.4, 0.5) is 4.79 Å². The van der Waals surface area contributed by atoms with Crippen molar-refractivity contribution < 1.29 is 18.7 Å². The second-order valence-corrected chi connectivity index (χ2v) is 8.57. The van der Waals surface area contributed by atoms with E-state index in [0.717, 1.165) is 25.0 Å². The normalized spacial score (nSPS) is 27.4. The molecule has 138 valence electrons. The van der Waals surface area contributed by atoms with Gasteiger partial charge in [-0.3, -0.25) is 4.79 Å². The summed E-state index contributed by atoms with van der Waals surface area (Å²) in [5.74, 6) is 1.14. The first kappa shape index (κ1) is 18.0. The van der Waals surface area contributed by atoms with Crippen LogP contribution in [-0.4, -0.2) is 49.9 Å². The number of piperidine rings is 1. The Labute approximate surface area is 151 Å². The van der Waals surface area contributed by atoms with Crippen LogP contribution >= 0.6 is 11.8 Å². The van der Waals surface area contributed by atoms with Gasteiger partial charge < -0.3 is 19.4 Å². The van der Waals surface area contributed by atoms with Gasteiger partial charge in [0.1, 0.15) is 17.7 Å². The molecule has 2 amide bonds. The smallest absolute Gasteiger partial charge is 0.408 e. The average Bonchev–Trinajstić information content (AvgIpc) is 3.00. The summed E-state index contributed by atoms with van der Waals surface area (Å²) in [6.07, 6.45) is 4.00. The lowest BCUT2D eigenvalue weighted by atomic mass is 10.00. The number of thioether (sulfide) groups is 1. The molecule has 3 heterocycles. The molecule has 0 spiro atoms. The monoisotopic (exact) mass is 368 g/mol. The predicted octanol–water partition coefficient (Wildman–Crippen LogP) is 2.48. The van der Waals surface area contributed by atoms with Crippen molar-refractivity contribution in [3.05, 3.63) is 12.3 Å². The molecule has 0 aromatic carbocycles. The molecule has 0 bridgehead atoms. The molecule has 0 saturated carbocycles. The van der Waals surface area contributed by atoms with Crippen LogP contribution in [-0.2, 0) is 9.53 Å². The molecular weight excluding hydrogens is 344 g/mol. The van der Waals surface area contributed by atoms with Gasteiger partial charge in [-0.05, 0) is 52.2 Å². The number of ether oxygens (including phenoxy) is 1. The molecule has 25 heavy (non-hydrogen) atoms. The van der Waals surface area contributed by atoms with E-state index >= 15 is 0 Å². The second-order valence-electron chi connectivity index (χ2n) is 7.28. The molecule has 3 unspecified atom stereocenters. The van der Waals surface area contributed by atoms with Gasteiger partial charge in [-0.1, -0.05) is 0 Å². The minimum atomic E-state index is -0.605. The third kappa shape index (κ3) is 4.26. The van der Waals surface area contributed by atoms with Crippen LogP contribution in [0, 0.1) is 0 Å². The highest BCUT2D eigenvalue weighted by molar-refractivity contribution is 7.99. The van der Waals surface area contributed by atoms with Crippen LogP contribution in [0.1, 0.15) is 58.4 Å². The van der Waals surface area contributed by atoms with Crippen molar-refractivity contribution in [2.75, 3.05) is 5.75 Å². The van der Waals surface area contributed by atoms with Crippen LogP contribution in [0.25, 0.3) is 0 Å². The summed E-state index contributed by atoms with van der Waals surface area (Å²) in [7, 11) is 0. The van der Waals surface area contributed by atoms with E-state index in [-0.39, 0.29) is 17.3 Å². The third-order valence-electron chi connectivity index (χ3n) is 4.20. The molecule has 2 saturated heterocycles. The summed E-state index contributed by atoms with van der Waals surface area (Å²) < 4.78 is 10.7. The molecule has 3 atom stereocenters. The Morgan fingerprint density at radius 2 is 2.20 bits per heavy atom. The van der Waals surface area contributed by atoms with Crippen LogP contribution in [0.2, 0.25) is 0 Å². The molecule has 1 aromatic rings. The summed E-state index contributed by atoms with van der Waals surface area (Å²) in [6, 6.07) is -0.835. The van der Waals surface area contributed by atoms with E-state index in [4.69, 9.17) is 9.15 Å². The molecule has 8 nitrogen and oxygen atoms in total. The van der Waals surface area contributed by atoms with E-state index in [1.54, 1.807) is 32.5 Å². The fourth-order valence-electron chi connectivity index (χ4n) is 3.20. The van der Waals surface area contributed by atoms with Crippen molar-refractivity contribution in [1.29, 1.82) is 0 Å². The third-order valence-corrected chi connectivity index (χ3v) is 5.52. The van der Waals surface area contributed by atoms with Crippen molar-refractivity contribution in [1.82, 2.24) is 20.4 Å². The zero-order valence-corrected chi connectivity index (χ0v) is 15.5. The standard InChI is InChI=1S/C16H24N4O4S/c1-16(2,3)24-15(22)18-10-7-8-25-12-6-4-5-11(20(12)14(10)21)13-19-17-9-23-13/h9-12H,4-8H2,1-3H3,(H,18,22). The Balaban J connectivity index is 1.77. The van der Waals surface area contributed by atoms with Gasteiger partial charge >= 0.3 is 6.09 Å². The topological polar surface area (TPSA) is 97.6 Å². The maximum atomic E-state index is 13.1. The minimum Gasteiger partial charge on any atom is -0.444 e. The number of amides is 2. The van der Waals surface area contributed by atoms with Crippen molar-refractivity contribution in [3.63, 3.8) is 0 Å². The summed E-state index contributed by atoms with van der Waals surface area (Å²) in [5.41, 5.74) is -0.605. The highest BCUT2D eigenvalue weighted by Crippen LogP contribution is 2.40. The first-order valence-electron chi connectivity index (χ1n) is 8.54. The Morgan fingerprint density at radius 1 is 1.40 bits per heavy atom. The second kappa shape index (κ2) is 7.23. The van der Waals surface area contributed by atoms with Crippen LogP contribution in [0.5, 0.6) is 0 Å².